The Bertz CT molecular complexity index is 303. The molecule has 0 bridgehead atoms. The number of hydrogen-bond donors (Lipinski definition) is 1. The minimum atomic E-state index is 0.696. The van der Waals surface area contributed by atoms with Crippen molar-refractivity contribution in [3.05, 3.63) is 34.3 Å². The van der Waals surface area contributed by atoms with Crippen LogP contribution in [0.3, 0.4) is 0 Å². The molecule has 1 nitrogen and oxygen atoms in total. The van der Waals surface area contributed by atoms with Crippen molar-refractivity contribution in [3.8, 4) is 0 Å². The summed E-state index contributed by atoms with van der Waals surface area (Å²) in [6, 6.07) is 8.41. The van der Waals surface area contributed by atoms with E-state index in [1.54, 1.807) is 0 Å². The van der Waals surface area contributed by atoms with E-state index in [1.165, 1.54) is 16.5 Å². The second-order valence-corrected chi connectivity index (χ2v) is 4.58. The molecular weight excluding hydrogens is 249 g/mol. The van der Waals surface area contributed by atoms with Crippen molar-refractivity contribution in [2.75, 3.05) is 6.54 Å². The van der Waals surface area contributed by atoms with Crippen molar-refractivity contribution in [1.82, 2.24) is 4.84 Å². The van der Waals surface area contributed by atoms with E-state index < -0.39 is 0 Å². The van der Waals surface area contributed by atoms with E-state index in [1.807, 2.05) is 6.07 Å². The Morgan fingerprint density at radius 1 is 1.46 bits per heavy atom. The van der Waals surface area contributed by atoms with Crippen molar-refractivity contribution in [3.63, 3.8) is 0 Å². The van der Waals surface area contributed by atoms with Crippen LogP contribution in [-0.4, -0.2) is 6.54 Å². The molecule has 0 radical (unpaired) electrons. The molecule has 1 aromatic rings. The molecule has 1 aromatic carbocycles. The van der Waals surface area contributed by atoms with E-state index in [0.29, 0.717) is 5.92 Å². The van der Waals surface area contributed by atoms with Crippen LogP contribution in [0.25, 0.3) is 0 Å². The Labute approximate surface area is 91.7 Å². The van der Waals surface area contributed by atoms with E-state index in [-0.39, 0.29) is 0 Å². The van der Waals surface area contributed by atoms with Gasteiger partial charge in [0.15, 0.2) is 0 Å². The number of halogens is 2. The Kier molecular flexibility index (Phi) is 2.92. The monoisotopic (exact) mass is 259 g/mol. The van der Waals surface area contributed by atoms with Gasteiger partial charge in [0.1, 0.15) is 0 Å². The van der Waals surface area contributed by atoms with Crippen LogP contribution in [0.5, 0.6) is 0 Å². The van der Waals surface area contributed by atoms with Crippen LogP contribution in [0.15, 0.2) is 28.7 Å². The van der Waals surface area contributed by atoms with Gasteiger partial charge in [0.05, 0.1) is 0 Å². The van der Waals surface area contributed by atoms with Crippen LogP contribution in [0.2, 0.25) is 0 Å². The minimum Gasteiger partial charge on any atom is -0.233 e. The smallest absolute Gasteiger partial charge is 0.0210 e. The average molecular weight is 261 g/mol. The molecule has 0 heterocycles. The third-order valence-corrected chi connectivity index (χ3v) is 3.44. The van der Waals surface area contributed by atoms with Gasteiger partial charge in [0.25, 0.3) is 0 Å². The first-order chi connectivity index (χ1) is 6.33. The first-order valence-electron chi connectivity index (χ1n) is 4.41. The summed E-state index contributed by atoms with van der Waals surface area (Å²) in [7, 11) is 0. The van der Waals surface area contributed by atoms with Gasteiger partial charge in [-0.25, -0.2) is 4.84 Å². The van der Waals surface area contributed by atoms with Gasteiger partial charge in [-0.2, -0.15) is 0 Å². The summed E-state index contributed by atoms with van der Waals surface area (Å²) in [4.78, 5) is 2.71. The summed E-state index contributed by atoms with van der Waals surface area (Å²) in [5.74, 6) is 1.41. The van der Waals surface area contributed by atoms with E-state index in [4.69, 9.17) is 11.8 Å². The number of hydrogen-bond acceptors (Lipinski definition) is 1. The lowest BCUT2D eigenvalue weighted by Gasteiger charge is -2.02. The maximum atomic E-state index is 5.47. The Morgan fingerprint density at radius 2 is 2.23 bits per heavy atom. The summed E-state index contributed by atoms with van der Waals surface area (Å²) in [5, 5.41) is 0. The zero-order valence-electron chi connectivity index (χ0n) is 7.13. The fourth-order valence-corrected chi connectivity index (χ4v) is 2.51. The highest BCUT2D eigenvalue weighted by molar-refractivity contribution is 9.10. The topological polar surface area (TPSA) is 12.0 Å². The molecule has 2 atom stereocenters. The molecular formula is C10H11BrClN. The largest absolute Gasteiger partial charge is 0.233 e. The van der Waals surface area contributed by atoms with Crippen LogP contribution in [-0.2, 0) is 0 Å². The third kappa shape index (κ3) is 2.06. The van der Waals surface area contributed by atoms with Crippen molar-refractivity contribution in [2.45, 2.75) is 12.3 Å². The Balaban J connectivity index is 2.07. The summed E-state index contributed by atoms with van der Waals surface area (Å²) < 4.78 is 1.22. The molecule has 1 saturated carbocycles. The summed E-state index contributed by atoms with van der Waals surface area (Å²) in [5.41, 5.74) is 1.42. The molecule has 1 aliphatic rings. The maximum absolute atomic E-state index is 5.47. The van der Waals surface area contributed by atoms with Gasteiger partial charge in [-0.15, -0.1) is 0 Å². The molecule has 70 valence electrons. The fourth-order valence-electron chi connectivity index (χ4n) is 1.73. The van der Waals surface area contributed by atoms with Crippen LogP contribution in [0.4, 0.5) is 0 Å². The van der Waals surface area contributed by atoms with E-state index in [9.17, 15) is 0 Å². The maximum Gasteiger partial charge on any atom is 0.0210 e. The second kappa shape index (κ2) is 3.99. The minimum absolute atomic E-state index is 0.696. The summed E-state index contributed by atoms with van der Waals surface area (Å²) >= 11 is 9.03. The lowest BCUT2D eigenvalue weighted by molar-refractivity contribution is 0.765. The third-order valence-electron chi connectivity index (χ3n) is 2.57. The van der Waals surface area contributed by atoms with Crippen molar-refractivity contribution >= 4 is 27.7 Å². The van der Waals surface area contributed by atoms with E-state index >= 15 is 0 Å². The quantitative estimate of drug-likeness (QED) is 0.822. The Hall–Kier alpha value is -0.0500. The van der Waals surface area contributed by atoms with Gasteiger partial charge < -0.3 is 0 Å². The second-order valence-electron chi connectivity index (χ2n) is 3.46. The first kappa shape index (κ1) is 9.50. The molecule has 0 unspecified atom stereocenters. The van der Waals surface area contributed by atoms with Gasteiger partial charge in [0.2, 0.25) is 0 Å². The molecule has 0 amide bonds. The van der Waals surface area contributed by atoms with Gasteiger partial charge in [0, 0.05) is 11.0 Å². The highest BCUT2D eigenvalue weighted by Crippen LogP contribution is 2.49. The zero-order chi connectivity index (χ0) is 9.26. The molecule has 0 spiro atoms. The molecule has 1 N–H and O–H groups in total. The normalized spacial score (nSPS) is 26.0. The predicted molar refractivity (Wildman–Crippen MR) is 58.8 cm³/mol. The fraction of sp³-hybridized carbons (Fsp3) is 0.400. The van der Waals surface area contributed by atoms with Crippen LogP contribution >= 0.6 is 27.7 Å². The highest BCUT2D eigenvalue weighted by Gasteiger charge is 2.38. The number of nitrogens with one attached hydrogen (secondary N) is 1. The lowest BCUT2D eigenvalue weighted by Crippen LogP contribution is -2.03. The molecule has 1 fully saturated rings. The molecule has 0 aliphatic heterocycles. The van der Waals surface area contributed by atoms with E-state index in [0.717, 1.165) is 12.5 Å². The van der Waals surface area contributed by atoms with Crippen LogP contribution < -0.4 is 4.84 Å². The summed E-state index contributed by atoms with van der Waals surface area (Å²) in [6.07, 6.45) is 1.25. The predicted octanol–water partition coefficient (Wildman–Crippen LogP) is 3.30. The molecule has 0 aromatic heterocycles. The number of benzene rings is 1. The zero-order valence-corrected chi connectivity index (χ0v) is 9.48. The lowest BCUT2D eigenvalue weighted by atomic mass is 10.1. The van der Waals surface area contributed by atoms with E-state index in [2.05, 4.69) is 39.0 Å². The highest BCUT2D eigenvalue weighted by atomic mass is 79.9. The van der Waals surface area contributed by atoms with Crippen LogP contribution in [0.1, 0.15) is 17.9 Å². The molecule has 2 rings (SSSR count). The van der Waals surface area contributed by atoms with Gasteiger partial charge >= 0.3 is 0 Å². The standard InChI is InChI=1S/C10H11BrClN/c11-10-4-2-1-3-8(10)9-5-7(9)6-13-12/h1-4,7,9,13H,5-6H2/t7-,9+/m1/s1. The summed E-state index contributed by atoms with van der Waals surface area (Å²) in [6.45, 7) is 0.910. The van der Waals surface area contributed by atoms with Crippen LogP contribution in [0, 0.1) is 5.92 Å². The molecule has 3 heteroatoms. The van der Waals surface area contributed by atoms with Crippen molar-refractivity contribution in [2.24, 2.45) is 5.92 Å². The molecule has 0 saturated heterocycles. The average Bonchev–Trinajstić information content (AvgIpc) is 2.86. The van der Waals surface area contributed by atoms with Crippen molar-refractivity contribution < 1.29 is 0 Å². The molecule has 1 aliphatic carbocycles. The molecule has 13 heavy (non-hydrogen) atoms. The SMILES string of the molecule is ClNC[C@H]1C[C@@H]1c1ccccc1Br. The van der Waals surface area contributed by atoms with Gasteiger partial charge in [-0.05, 0) is 41.7 Å². The van der Waals surface area contributed by atoms with Gasteiger partial charge in [-0.3, -0.25) is 0 Å². The number of rotatable bonds is 3. The van der Waals surface area contributed by atoms with Gasteiger partial charge in [-0.1, -0.05) is 34.1 Å². The Morgan fingerprint density at radius 3 is 2.92 bits per heavy atom. The first-order valence-corrected chi connectivity index (χ1v) is 5.58. The van der Waals surface area contributed by atoms with Crippen molar-refractivity contribution in [1.29, 1.82) is 0 Å².